The second-order valence-electron chi connectivity index (χ2n) is 2.52. The number of aromatic nitrogens is 2. The quantitative estimate of drug-likeness (QED) is 0.728. The van der Waals surface area contributed by atoms with E-state index < -0.39 is 0 Å². The van der Waals surface area contributed by atoms with Crippen LogP contribution < -0.4 is 10.3 Å². The van der Waals surface area contributed by atoms with Gasteiger partial charge in [-0.15, -0.1) is 0 Å². The van der Waals surface area contributed by atoms with Crippen molar-refractivity contribution in [3.05, 3.63) is 46.9 Å². The van der Waals surface area contributed by atoms with Gasteiger partial charge in [0.25, 0.3) is 0 Å². The van der Waals surface area contributed by atoms with Gasteiger partial charge in [0.15, 0.2) is 0 Å². The molecule has 0 aliphatic rings. The molecule has 1 heterocycles. The molecule has 0 spiro atoms. The zero-order valence-electron chi connectivity index (χ0n) is 6.78. The maximum atomic E-state index is 11.0. The highest BCUT2D eigenvalue weighted by atomic mass is 16.5. The summed E-state index contributed by atoms with van der Waals surface area (Å²) in [4.78, 5) is 11.0. The fraction of sp³-hybridized carbons (Fsp3) is 0. The molecular weight excluding hydrogens is 168 g/mol. The van der Waals surface area contributed by atoms with Crippen LogP contribution in [0.3, 0.4) is 0 Å². The minimum absolute atomic E-state index is 0.260. The Morgan fingerprint density at radius 2 is 1.92 bits per heavy atom. The average molecular weight is 176 g/mol. The number of benzene rings is 1. The highest BCUT2D eigenvalue weighted by molar-refractivity contribution is 5.27. The lowest BCUT2D eigenvalue weighted by Crippen LogP contribution is -2.01. The maximum absolute atomic E-state index is 11.0. The predicted molar refractivity (Wildman–Crippen MR) is 47.9 cm³/mol. The number of rotatable bonds is 2. The van der Waals surface area contributed by atoms with Crippen molar-refractivity contribution < 1.29 is 4.74 Å². The van der Waals surface area contributed by atoms with Crippen LogP contribution in [-0.2, 0) is 0 Å². The van der Waals surface area contributed by atoms with Crippen LogP contribution in [-0.4, -0.2) is 10.2 Å². The fourth-order valence-corrected chi connectivity index (χ4v) is 0.986. The molecule has 4 nitrogen and oxygen atoms in total. The molecule has 0 saturated carbocycles. The molecule has 0 amide bonds. The number of ether oxygens (including phenoxy) is 1. The van der Waals surface area contributed by atoms with Crippen LogP contribution in [0.15, 0.2) is 41.3 Å². The third-order valence-electron chi connectivity index (χ3n) is 1.58. The number of para-hydroxylation sites is 1. The van der Waals surface area contributed by atoms with E-state index in [1.165, 1.54) is 6.20 Å². The van der Waals surface area contributed by atoms with Gasteiger partial charge in [-0.1, -0.05) is 18.2 Å². The Kier molecular flexibility index (Phi) is 1.88. The number of hydrogen-bond donors (Lipinski definition) is 2. The molecule has 2 aromatic rings. The first kappa shape index (κ1) is 7.67. The average Bonchev–Trinajstić information content (AvgIpc) is 2.54. The zero-order chi connectivity index (χ0) is 9.10. The van der Waals surface area contributed by atoms with E-state index in [9.17, 15) is 4.79 Å². The fourth-order valence-electron chi connectivity index (χ4n) is 0.986. The smallest absolute Gasteiger partial charge is 0.306 e. The molecule has 13 heavy (non-hydrogen) atoms. The summed E-state index contributed by atoms with van der Waals surface area (Å²) < 4.78 is 5.27. The Balaban J connectivity index is 2.25. The van der Waals surface area contributed by atoms with E-state index in [0.717, 1.165) is 0 Å². The van der Waals surface area contributed by atoms with E-state index in [4.69, 9.17) is 4.74 Å². The van der Waals surface area contributed by atoms with Crippen LogP contribution in [0.1, 0.15) is 0 Å². The molecule has 2 rings (SSSR count). The van der Waals surface area contributed by atoms with Crippen molar-refractivity contribution in [2.24, 2.45) is 0 Å². The summed E-state index contributed by atoms with van der Waals surface area (Å²) in [5, 5.41) is 4.94. The van der Waals surface area contributed by atoms with Crippen LogP contribution in [0.25, 0.3) is 0 Å². The molecule has 0 saturated heterocycles. The van der Waals surface area contributed by atoms with E-state index in [1.54, 1.807) is 12.1 Å². The molecule has 0 fully saturated rings. The lowest BCUT2D eigenvalue weighted by atomic mass is 10.3. The molecular formula is C9H8N2O2. The number of H-pyrrole nitrogens is 2. The van der Waals surface area contributed by atoms with Gasteiger partial charge in [-0.25, -0.2) is 0 Å². The Labute approximate surface area is 74.2 Å². The highest BCUT2D eigenvalue weighted by Crippen LogP contribution is 2.15. The van der Waals surface area contributed by atoms with Gasteiger partial charge in [0, 0.05) is 0 Å². The molecule has 0 aliphatic carbocycles. The Hall–Kier alpha value is -1.97. The second kappa shape index (κ2) is 3.18. The van der Waals surface area contributed by atoms with Crippen LogP contribution in [0.2, 0.25) is 0 Å². The van der Waals surface area contributed by atoms with E-state index in [0.29, 0.717) is 5.75 Å². The van der Waals surface area contributed by atoms with Crippen LogP contribution in [0, 0.1) is 0 Å². The minimum Gasteiger partial charge on any atom is -0.450 e. The summed E-state index contributed by atoms with van der Waals surface area (Å²) >= 11 is 0. The molecule has 66 valence electrons. The van der Waals surface area contributed by atoms with Crippen LogP contribution >= 0.6 is 0 Å². The number of nitrogens with one attached hydrogen (secondary N) is 2. The molecule has 2 N–H and O–H groups in total. The van der Waals surface area contributed by atoms with E-state index >= 15 is 0 Å². The molecule has 1 aromatic carbocycles. The third kappa shape index (κ3) is 1.61. The minimum atomic E-state index is -0.260. The summed E-state index contributed by atoms with van der Waals surface area (Å²) in [5.41, 5.74) is -0.260. The summed E-state index contributed by atoms with van der Waals surface area (Å²) in [6.07, 6.45) is 1.48. The molecule has 0 atom stereocenters. The highest BCUT2D eigenvalue weighted by Gasteiger charge is 2.01. The SMILES string of the molecule is O=c1[nH][nH]cc1Oc1ccccc1. The van der Waals surface area contributed by atoms with E-state index in [1.807, 2.05) is 18.2 Å². The van der Waals surface area contributed by atoms with Crippen LogP contribution in [0.4, 0.5) is 0 Å². The van der Waals surface area contributed by atoms with Crippen molar-refractivity contribution in [2.45, 2.75) is 0 Å². The lowest BCUT2D eigenvalue weighted by molar-refractivity contribution is 0.478. The molecule has 1 aromatic heterocycles. The van der Waals surface area contributed by atoms with Gasteiger partial charge < -0.3 is 9.84 Å². The van der Waals surface area contributed by atoms with E-state index in [2.05, 4.69) is 10.2 Å². The molecule has 4 heteroatoms. The first-order valence-electron chi connectivity index (χ1n) is 3.85. The largest absolute Gasteiger partial charge is 0.450 e. The van der Waals surface area contributed by atoms with Gasteiger partial charge in [-0.2, -0.15) is 0 Å². The van der Waals surface area contributed by atoms with Crippen molar-refractivity contribution in [2.75, 3.05) is 0 Å². The van der Waals surface area contributed by atoms with Crippen molar-refractivity contribution in [1.29, 1.82) is 0 Å². The molecule has 0 radical (unpaired) electrons. The molecule has 0 aliphatic heterocycles. The Morgan fingerprint density at radius 1 is 1.15 bits per heavy atom. The van der Waals surface area contributed by atoms with E-state index in [-0.39, 0.29) is 11.3 Å². The zero-order valence-corrected chi connectivity index (χ0v) is 6.78. The van der Waals surface area contributed by atoms with Crippen molar-refractivity contribution in [3.63, 3.8) is 0 Å². The van der Waals surface area contributed by atoms with Gasteiger partial charge in [0.1, 0.15) is 5.75 Å². The lowest BCUT2D eigenvalue weighted by Gasteiger charge is -1.99. The number of aromatic amines is 2. The summed E-state index contributed by atoms with van der Waals surface area (Å²) in [7, 11) is 0. The van der Waals surface area contributed by atoms with Crippen molar-refractivity contribution in [1.82, 2.24) is 10.2 Å². The van der Waals surface area contributed by atoms with Gasteiger partial charge in [-0.05, 0) is 12.1 Å². The monoisotopic (exact) mass is 176 g/mol. The molecule has 0 bridgehead atoms. The standard InChI is InChI=1S/C9H8N2O2/c12-9-8(6-10-11-9)13-7-4-2-1-3-5-7/h1-6H,(H2,10,11,12). The first-order chi connectivity index (χ1) is 6.36. The van der Waals surface area contributed by atoms with Gasteiger partial charge >= 0.3 is 5.56 Å². The second-order valence-corrected chi connectivity index (χ2v) is 2.52. The van der Waals surface area contributed by atoms with Gasteiger partial charge in [0.2, 0.25) is 5.75 Å². The van der Waals surface area contributed by atoms with Gasteiger partial charge in [-0.3, -0.25) is 9.89 Å². The predicted octanol–water partition coefficient (Wildman–Crippen LogP) is 1.50. The topological polar surface area (TPSA) is 57.9 Å². The Morgan fingerprint density at radius 3 is 2.54 bits per heavy atom. The molecule has 0 unspecified atom stereocenters. The third-order valence-corrected chi connectivity index (χ3v) is 1.58. The van der Waals surface area contributed by atoms with Crippen molar-refractivity contribution in [3.8, 4) is 11.5 Å². The normalized spacial score (nSPS) is 9.85. The first-order valence-corrected chi connectivity index (χ1v) is 3.85. The van der Waals surface area contributed by atoms with Crippen molar-refractivity contribution >= 4 is 0 Å². The maximum Gasteiger partial charge on any atom is 0.306 e. The Bertz CT molecular complexity index is 430. The summed E-state index contributed by atoms with van der Waals surface area (Å²) in [6, 6.07) is 9.14. The summed E-state index contributed by atoms with van der Waals surface area (Å²) in [5.74, 6) is 0.916. The van der Waals surface area contributed by atoms with Crippen LogP contribution in [0.5, 0.6) is 11.5 Å². The number of hydrogen-bond acceptors (Lipinski definition) is 2. The summed E-state index contributed by atoms with van der Waals surface area (Å²) in [6.45, 7) is 0. The van der Waals surface area contributed by atoms with Gasteiger partial charge in [0.05, 0.1) is 6.20 Å².